The molecule has 132 valence electrons. The summed E-state index contributed by atoms with van der Waals surface area (Å²) in [5.74, 6) is 0.265. The average molecular weight is 364 g/mol. The quantitative estimate of drug-likeness (QED) is 0.740. The van der Waals surface area contributed by atoms with E-state index in [1.807, 2.05) is 36.6 Å². The summed E-state index contributed by atoms with van der Waals surface area (Å²) < 4.78 is 0. The molecule has 26 heavy (non-hydrogen) atoms. The summed E-state index contributed by atoms with van der Waals surface area (Å²) in [6, 6.07) is 7.91. The minimum atomic E-state index is -0.649. The number of benzene rings is 1. The molecule has 6 heteroatoms. The van der Waals surface area contributed by atoms with Gasteiger partial charge in [0.05, 0.1) is 33.5 Å². The number of fused-ring (bicyclic) bond motifs is 6. The molecule has 1 fully saturated rings. The zero-order valence-corrected chi connectivity index (χ0v) is 15.9. The number of carbonyl (C=O) groups excluding carboxylic acids is 1. The van der Waals surface area contributed by atoms with Gasteiger partial charge in [-0.25, -0.2) is 15.0 Å². The van der Waals surface area contributed by atoms with Crippen LogP contribution in [0.3, 0.4) is 0 Å². The lowest BCUT2D eigenvalue weighted by Crippen LogP contribution is -2.46. The van der Waals surface area contributed by atoms with E-state index in [1.54, 1.807) is 0 Å². The first kappa shape index (κ1) is 15.9. The van der Waals surface area contributed by atoms with Gasteiger partial charge in [0.2, 0.25) is 5.91 Å². The molecule has 3 aromatic rings. The maximum Gasteiger partial charge on any atom is 0.239 e. The minimum absolute atomic E-state index is 0.00248. The number of nitrogens with zero attached hydrogens (tertiary/aromatic N) is 3. The Kier molecular flexibility index (Phi) is 3.11. The number of aromatic nitrogens is 3. The van der Waals surface area contributed by atoms with Gasteiger partial charge in [0.15, 0.2) is 5.13 Å². The van der Waals surface area contributed by atoms with Crippen LogP contribution in [0.1, 0.15) is 49.7 Å². The van der Waals surface area contributed by atoms with E-state index in [0.717, 1.165) is 41.0 Å². The van der Waals surface area contributed by atoms with Crippen molar-refractivity contribution in [3.05, 3.63) is 46.7 Å². The van der Waals surface area contributed by atoms with Crippen molar-refractivity contribution in [3.63, 3.8) is 0 Å². The van der Waals surface area contributed by atoms with Gasteiger partial charge in [0, 0.05) is 11.3 Å². The van der Waals surface area contributed by atoms with Crippen molar-refractivity contribution in [3.8, 4) is 0 Å². The van der Waals surface area contributed by atoms with Gasteiger partial charge in [-0.05, 0) is 37.3 Å². The first-order valence-corrected chi connectivity index (χ1v) is 9.82. The molecule has 0 spiro atoms. The number of aryl methyl sites for hydroxylation is 1. The third-order valence-corrected chi connectivity index (χ3v) is 7.21. The van der Waals surface area contributed by atoms with E-state index in [0.29, 0.717) is 5.13 Å². The second-order valence-corrected chi connectivity index (χ2v) is 8.77. The molecular formula is C20H20N4OS. The number of para-hydroxylation sites is 2. The molecular weight excluding hydrogens is 344 g/mol. The maximum atomic E-state index is 13.5. The molecule has 2 heterocycles. The van der Waals surface area contributed by atoms with Gasteiger partial charge in [0.25, 0.3) is 0 Å². The van der Waals surface area contributed by atoms with E-state index in [9.17, 15) is 4.79 Å². The monoisotopic (exact) mass is 364 g/mol. The van der Waals surface area contributed by atoms with Gasteiger partial charge >= 0.3 is 0 Å². The molecule has 1 amide bonds. The third kappa shape index (κ3) is 1.85. The number of amides is 1. The number of hydrogen-bond acceptors (Lipinski definition) is 5. The summed E-state index contributed by atoms with van der Waals surface area (Å²) in [7, 11) is 0. The van der Waals surface area contributed by atoms with Crippen molar-refractivity contribution in [1.29, 1.82) is 0 Å². The Morgan fingerprint density at radius 3 is 2.62 bits per heavy atom. The molecule has 5 rings (SSSR count). The fraction of sp³-hybridized carbons (Fsp3) is 0.400. The highest BCUT2D eigenvalue weighted by Crippen LogP contribution is 2.67. The molecule has 0 saturated heterocycles. The van der Waals surface area contributed by atoms with Crippen LogP contribution in [0, 0.1) is 12.3 Å². The van der Waals surface area contributed by atoms with Crippen LogP contribution in [0.25, 0.3) is 11.0 Å². The van der Waals surface area contributed by atoms with E-state index >= 15 is 0 Å². The predicted octanol–water partition coefficient (Wildman–Crippen LogP) is 4.19. The molecule has 2 aliphatic carbocycles. The highest BCUT2D eigenvalue weighted by atomic mass is 32.1. The van der Waals surface area contributed by atoms with Gasteiger partial charge in [-0.2, -0.15) is 0 Å². The highest BCUT2D eigenvalue weighted by molar-refractivity contribution is 7.13. The van der Waals surface area contributed by atoms with Crippen LogP contribution in [-0.4, -0.2) is 20.9 Å². The first-order chi connectivity index (χ1) is 12.4. The van der Waals surface area contributed by atoms with E-state index in [-0.39, 0.29) is 17.2 Å². The SMILES string of the molecule is Cc1csc(NC(=O)C23CCC(c4nc5ccccc5nc42)C3(C)C)n1. The molecule has 1 aromatic carbocycles. The Balaban J connectivity index is 1.68. The molecule has 2 atom stereocenters. The Morgan fingerprint density at radius 2 is 1.92 bits per heavy atom. The van der Waals surface area contributed by atoms with Crippen molar-refractivity contribution in [2.24, 2.45) is 5.41 Å². The average Bonchev–Trinajstić information content (AvgIpc) is 3.20. The Morgan fingerprint density at radius 1 is 1.19 bits per heavy atom. The highest BCUT2D eigenvalue weighted by Gasteiger charge is 2.67. The van der Waals surface area contributed by atoms with E-state index < -0.39 is 5.41 Å². The van der Waals surface area contributed by atoms with Gasteiger partial charge in [0.1, 0.15) is 0 Å². The molecule has 0 radical (unpaired) electrons. The third-order valence-electron chi connectivity index (χ3n) is 6.34. The summed E-state index contributed by atoms with van der Waals surface area (Å²) in [5, 5.41) is 5.67. The summed E-state index contributed by atoms with van der Waals surface area (Å²) >= 11 is 1.46. The number of nitrogens with one attached hydrogen (secondary N) is 1. The zero-order valence-electron chi connectivity index (χ0n) is 15.0. The second kappa shape index (κ2) is 5.10. The molecule has 5 nitrogen and oxygen atoms in total. The second-order valence-electron chi connectivity index (χ2n) is 7.91. The van der Waals surface area contributed by atoms with Crippen molar-refractivity contribution >= 4 is 33.4 Å². The number of carbonyl (C=O) groups is 1. The van der Waals surface area contributed by atoms with Crippen molar-refractivity contribution in [1.82, 2.24) is 15.0 Å². The number of anilines is 1. The number of thiazole rings is 1. The van der Waals surface area contributed by atoms with E-state index in [2.05, 4.69) is 24.1 Å². The fourth-order valence-electron chi connectivity index (χ4n) is 4.94. The summed E-state index contributed by atoms with van der Waals surface area (Å²) in [4.78, 5) is 27.8. The summed E-state index contributed by atoms with van der Waals surface area (Å²) in [5.41, 5.74) is 3.68. The number of hydrogen-bond donors (Lipinski definition) is 1. The minimum Gasteiger partial charge on any atom is -0.301 e. The molecule has 2 aliphatic rings. The first-order valence-electron chi connectivity index (χ1n) is 8.94. The predicted molar refractivity (Wildman–Crippen MR) is 102 cm³/mol. The van der Waals surface area contributed by atoms with Gasteiger partial charge < -0.3 is 5.32 Å². The lowest BCUT2D eigenvalue weighted by molar-refractivity contribution is -0.124. The molecule has 2 bridgehead atoms. The summed E-state index contributed by atoms with van der Waals surface area (Å²) in [6.07, 6.45) is 1.78. The van der Waals surface area contributed by atoms with Crippen LogP contribution in [0.5, 0.6) is 0 Å². The summed E-state index contributed by atoms with van der Waals surface area (Å²) in [6.45, 7) is 6.30. The van der Waals surface area contributed by atoms with E-state index in [1.165, 1.54) is 11.3 Å². The van der Waals surface area contributed by atoms with Crippen LogP contribution >= 0.6 is 11.3 Å². The van der Waals surface area contributed by atoms with Crippen LogP contribution in [0.15, 0.2) is 29.6 Å². The lowest BCUT2D eigenvalue weighted by atomic mass is 9.67. The molecule has 0 aliphatic heterocycles. The Bertz CT molecular complexity index is 1060. The van der Waals surface area contributed by atoms with Crippen LogP contribution < -0.4 is 5.32 Å². The van der Waals surface area contributed by atoms with Crippen molar-refractivity contribution in [2.75, 3.05) is 5.32 Å². The molecule has 1 saturated carbocycles. The van der Waals surface area contributed by atoms with Crippen LogP contribution in [-0.2, 0) is 10.2 Å². The Labute approximate surface area is 155 Å². The van der Waals surface area contributed by atoms with Crippen LogP contribution in [0.4, 0.5) is 5.13 Å². The van der Waals surface area contributed by atoms with Gasteiger partial charge in [-0.1, -0.05) is 26.0 Å². The van der Waals surface area contributed by atoms with Crippen molar-refractivity contribution < 1.29 is 4.79 Å². The smallest absolute Gasteiger partial charge is 0.239 e. The van der Waals surface area contributed by atoms with Gasteiger partial charge in [-0.3, -0.25) is 4.79 Å². The molecule has 2 aromatic heterocycles. The lowest BCUT2D eigenvalue weighted by Gasteiger charge is -2.35. The standard InChI is InChI=1S/C20H20N4OS/c1-11-10-26-18(21-11)24-17(25)20-9-8-12(19(20,2)3)15-16(20)23-14-7-5-4-6-13(14)22-15/h4-7,10,12H,8-9H2,1-3H3,(H,21,24,25). The molecule has 1 N–H and O–H groups in total. The normalized spacial score (nSPS) is 25.4. The topological polar surface area (TPSA) is 67.8 Å². The Hall–Kier alpha value is -2.34. The van der Waals surface area contributed by atoms with Crippen LogP contribution in [0.2, 0.25) is 0 Å². The van der Waals surface area contributed by atoms with Crippen molar-refractivity contribution in [2.45, 2.75) is 44.9 Å². The maximum absolute atomic E-state index is 13.5. The number of rotatable bonds is 2. The zero-order chi connectivity index (χ0) is 18.1. The fourth-order valence-corrected chi connectivity index (χ4v) is 5.63. The largest absolute Gasteiger partial charge is 0.301 e. The van der Waals surface area contributed by atoms with E-state index in [4.69, 9.17) is 9.97 Å². The molecule has 2 unspecified atom stereocenters. The van der Waals surface area contributed by atoms with Gasteiger partial charge in [-0.15, -0.1) is 11.3 Å².